The third kappa shape index (κ3) is 9.59. The van der Waals surface area contributed by atoms with Crippen molar-refractivity contribution in [3.8, 4) is 0 Å². The number of carbonyl (C=O) groups excluding carboxylic acids is 2. The highest BCUT2D eigenvalue weighted by Gasteiger charge is 2.25. The molecule has 0 amide bonds. The Kier molecular flexibility index (Phi) is 11.2. The van der Waals surface area contributed by atoms with E-state index in [1.165, 1.54) is 12.2 Å². The van der Waals surface area contributed by atoms with Crippen molar-refractivity contribution >= 4 is 33.5 Å². The predicted molar refractivity (Wildman–Crippen MR) is 113 cm³/mol. The molecule has 0 radical (unpaired) electrons. The van der Waals surface area contributed by atoms with Crippen molar-refractivity contribution in [2.45, 2.75) is 56.3 Å². The number of rotatable bonds is 14. The molecule has 2 atom stereocenters. The number of esters is 2. The molecule has 1 fully saturated rings. The van der Waals surface area contributed by atoms with Crippen LogP contribution in [-0.4, -0.2) is 47.3 Å². The van der Waals surface area contributed by atoms with E-state index in [9.17, 15) is 24.6 Å². The van der Waals surface area contributed by atoms with E-state index < -0.39 is 36.3 Å². The van der Waals surface area contributed by atoms with E-state index in [1.54, 1.807) is 12.2 Å². The molecule has 1 aliphatic heterocycles. The van der Waals surface area contributed by atoms with Crippen molar-refractivity contribution < 1.29 is 33.8 Å². The number of hydrogen-bond donors (Lipinski definition) is 0. The Balaban J connectivity index is 1.78. The molecular weight excluding hydrogens is 452 g/mol. The van der Waals surface area contributed by atoms with E-state index in [4.69, 9.17) is 9.47 Å². The van der Waals surface area contributed by atoms with Crippen molar-refractivity contribution in [1.82, 2.24) is 0 Å². The monoisotopic (exact) mass is 476 g/mol. The van der Waals surface area contributed by atoms with E-state index in [0.29, 0.717) is 24.5 Å². The first-order valence-corrected chi connectivity index (χ1v) is 12.2. The second-order valence-corrected chi connectivity index (χ2v) is 9.52. The maximum atomic E-state index is 12.4. The summed E-state index contributed by atoms with van der Waals surface area (Å²) in [4.78, 5) is 53.5. The molecule has 2 aliphatic rings. The van der Waals surface area contributed by atoms with Crippen molar-refractivity contribution in [2.24, 2.45) is 5.34 Å². The van der Waals surface area contributed by atoms with Gasteiger partial charge in [-0.1, -0.05) is 34.1 Å². The Labute approximate surface area is 186 Å². The molecule has 31 heavy (non-hydrogen) atoms. The lowest BCUT2D eigenvalue weighted by atomic mass is 10.1. The fourth-order valence-corrected chi connectivity index (χ4v) is 5.93. The summed E-state index contributed by atoms with van der Waals surface area (Å²) < 4.78 is 10.4. The van der Waals surface area contributed by atoms with Crippen molar-refractivity contribution in [3.63, 3.8) is 0 Å². The molecule has 2 unspecified atom stereocenters. The average molecular weight is 477 g/mol. The standard InChI is InChI=1S/C18H24N2O9S2/c21-17(8-4-1-5-14-9-10-30-31-14)28-16-7-3-2-6-15(16)18(22)26-11-13(12-27-19-23)29-20(24)25/h6-7,13-14H,1-5,8-12H2. The van der Waals surface area contributed by atoms with Crippen LogP contribution >= 0.6 is 21.6 Å². The van der Waals surface area contributed by atoms with Gasteiger partial charge in [0.25, 0.3) is 5.09 Å². The van der Waals surface area contributed by atoms with Gasteiger partial charge in [0.1, 0.15) is 19.0 Å². The summed E-state index contributed by atoms with van der Waals surface area (Å²) in [6.07, 6.45) is 7.20. The van der Waals surface area contributed by atoms with Gasteiger partial charge in [-0.2, -0.15) is 0 Å². The van der Waals surface area contributed by atoms with E-state index in [-0.39, 0.29) is 17.8 Å². The van der Waals surface area contributed by atoms with Gasteiger partial charge in [0.15, 0.2) is 11.4 Å². The van der Waals surface area contributed by atoms with Gasteiger partial charge in [0.2, 0.25) is 0 Å². The third-order valence-electron chi connectivity index (χ3n) is 4.39. The molecular formula is C18H24N2O9S2. The Morgan fingerprint density at radius 1 is 1.26 bits per heavy atom. The Morgan fingerprint density at radius 2 is 2.06 bits per heavy atom. The lowest BCUT2D eigenvalue weighted by Gasteiger charge is -2.17. The molecule has 1 heterocycles. The number of unbranched alkanes of at least 4 members (excludes halogenated alkanes) is 1. The molecule has 0 spiro atoms. The fraction of sp³-hybridized carbons (Fsp3) is 0.667. The molecule has 0 saturated carbocycles. The van der Waals surface area contributed by atoms with Gasteiger partial charge in [-0.15, -0.1) is 15.0 Å². The summed E-state index contributed by atoms with van der Waals surface area (Å²) in [5.41, 5.74) is 0.0632. The minimum absolute atomic E-state index is 0.0632. The van der Waals surface area contributed by atoms with Crippen LogP contribution in [0, 0.1) is 15.0 Å². The highest BCUT2D eigenvalue weighted by molar-refractivity contribution is 8.77. The van der Waals surface area contributed by atoms with Gasteiger partial charge in [-0.25, -0.2) is 4.79 Å². The van der Waals surface area contributed by atoms with E-state index in [2.05, 4.69) is 15.0 Å². The van der Waals surface area contributed by atoms with Gasteiger partial charge < -0.3 is 19.1 Å². The van der Waals surface area contributed by atoms with Crippen LogP contribution in [-0.2, 0) is 28.7 Å². The summed E-state index contributed by atoms with van der Waals surface area (Å²) in [6.45, 7) is -1.11. The van der Waals surface area contributed by atoms with Crippen molar-refractivity contribution in [3.05, 3.63) is 38.5 Å². The molecule has 0 bridgehead atoms. The van der Waals surface area contributed by atoms with Gasteiger partial charge >= 0.3 is 11.9 Å². The minimum Gasteiger partial charge on any atom is -0.459 e. The summed E-state index contributed by atoms with van der Waals surface area (Å²) in [5, 5.41) is 12.2. The largest absolute Gasteiger partial charge is 0.459 e. The van der Waals surface area contributed by atoms with Crippen molar-refractivity contribution in [1.29, 1.82) is 0 Å². The third-order valence-corrected chi connectivity index (χ3v) is 7.39. The Morgan fingerprint density at radius 3 is 2.77 bits per heavy atom. The molecule has 0 aromatic heterocycles. The molecule has 0 aromatic carbocycles. The number of allylic oxidation sites excluding steroid dienone is 2. The molecule has 11 nitrogen and oxygen atoms in total. The highest BCUT2D eigenvalue weighted by Crippen LogP contribution is 2.39. The van der Waals surface area contributed by atoms with E-state index in [1.807, 2.05) is 21.6 Å². The smallest absolute Gasteiger partial charge is 0.341 e. The quantitative estimate of drug-likeness (QED) is 0.0904. The van der Waals surface area contributed by atoms with Crippen LogP contribution in [0.3, 0.4) is 0 Å². The van der Waals surface area contributed by atoms with Crippen LogP contribution < -0.4 is 0 Å². The number of hydrogen-bond acceptors (Lipinski definition) is 12. The first-order valence-electron chi connectivity index (χ1n) is 9.82. The number of ether oxygens (including phenoxy) is 2. The molecule has 13 heteroatoms. The SMILES string of the molecule is O=NOCC(COC(=O)C1=CCCC=C1OC(=O)CCCCC1CCSS1)O[N+](=O)[O-]. The maximum absolute atomic E-state index is 12.4. The van der Waals surface area contributed by atoms with Gasteiger partial charge in [-0.05, 0) is 38.2 Å². The lowest BCUT2D eigenvalue weighted by Crippen LogP contribution is -2.29. The molecule has 1 aliphatic carbocycles. The topological polar surface area (TPSA) is 144 Å². The van der Waals surface area contributed by atoms with E-state index >= 15 is 0 Å². The normalized spacial score (nSPS) is 18.9. The predicted octanol–water partition coefficient (Wildman–Crippen LogP) is 3.67. The molecule has 1 saturated heterocycles. The summed E-state index contributed by atoms with van der Waals surface area (Å²) >= 11 is 0. The summed E-state index contributed by atoms with van der Waals surface area (Å²) in [5.74, 6) is 0.0313. The second kappa shape index (κ2) is 13.9. The zero-order chi connectivity index (χ0) is 22.5. The van der Waals surface area contributed by atoms with Crippen LogP contribution in [0.25, 0.3) is 0 Å². The summed E-state index contributed by atoms with van der Waals surface area (Å²) in [7, 11) is 3.79. The maximum Gasteiger partial charge on any atom is 0.341 e. The lowest BCUT2D eigenvalue weighted by molar-refractivity contribution is -0.769. The molecule has 172 valence electrons. The molecule has 0 N–H and O–H groups in total. The van der Waals surface area contributed by atoms with Gasteiger partial charge in [-0.3, -0.25) is 4.79 Å². The van der Waals surface area contributed by atoms with Crippen LogP contribution in [0.5, 0.6) is 0 Å². The molecule has 2 rings (SSSR count). The van der Waals surface area contributed by atoms with Crippen LogP contribution in [0.15, 0.2) is 28.8 Å². The highest BCUT2D eigenvalue weighted by atomic mass is 33.1. The van der Waals surface area contributed by atoms with Crippen LogP contribution in [0.1, 0.15) is 44.9 Å². The van der Waals surface area contributed by atoms with Crippen molar-refractivity contribution in [2.75, 3.05) is 19.0 Å². The summed E-state index contributed by atoms with van der Waals surface area (Å²) in [6, 6.07) is 0. The minimum atomic E-state index is -1.33. The Hall–Kier alpha value is -2.28. The van der Waals surface area contributed by atoms with Gasteiger partial charge in [0, 0.05) is 17.4 Å². The Bertz CT molecular complexity index is 708. The average Bonchev–Trinajstić information content (AvgIpc) is 3.26. The first-order chi connectivity index (χ1) is 15.0. The second-order valence-electron chi connectivity index (χ2n) is 6.73. The van der Waals surface area contributed by atoms with Crippen LogP contribution in [0.2, 0.25) is 0 Å². The number of nitrogens with zero attached hydrogens (tertiary/aromatic N) is 2. The molecule has 0 aromatic rings. The van der Waals surface area contributed by atoms with Gasteiger partial charge in [0.05, 0.1) is 5.57 Å². The fourth-order valence-electron chi connectivity index (χ4n) is 2.90. The first kappa shape index (κ1) is 25.0. The van der Waals surface area contributed by atoms with Crippen LogP contribution in [0.4, 0.5) is 0 Å². The zero-order valence-electron chi connectivity index (χ0n) is 16.8. The van der Waals surface area contributed by atoms with E-state index in [0.717, 1.165) is 12.8 Å². The number of carbonyl (C=O) groups is 2. The zero-order valence-corrected chi connectivity index (χ0v) is 18.4.